The molecule has 2 aromatic carbocycles. The van der Waals surface area contributed by atoms with Gasteiger partial charge >= 0.3 is 16.3 Å². The molecule has 0 aromatic heterocycles. The van der Waals surface area contributed by atoms with Crippen LogP contribution in [0.2, 0.25) is 19.6 Å². The summed E-state index contributed by atoms with van der Waals surface area (Å²) in [6.07, 6.45) is -0.978. The maximum absolute atomic E-state index is 14.9. The van der Waals surface area contributed by atoms with Gasteiger partial charge in [-0.1, -0.05) is 25.7 Å². The van der Waals surface area contributed by atoms with Crippen molar-refractivity contribution in [3.63, 3.8) is 0 Å². The molecule has 1 atom stereocenters. The molecule has 1 aliphatic rings. The van der Waals surface area contributed by atoms with Gasteiger partial charge in [-0.05, 0) is 69.5 Å². The number of fused-ring (bicyclic) bond motifs is 1. The van der Waals surface area contributed by atoms with Crippen LogP contribution in [0, 0.1) is 11.6 Å². The quantitative estimate of drug-likeness (QED) is 0.472. The van der Waals surface area contributed by atoms with Crippen molar-refractivity contribution in [2.24, 2.45) is 0 Å². The summed E-state index contributed by atoms with van der Waals surface area (Å²) in [6.45, 7) is 12.2. The van der Waals surface area contributed by atoms with Crippen LogP contribution < -0.4 is 20.0 Å². The Morgan fingerprint density at radius 3 is 2.26 bits per heavy atom. The van der Waals surface area contributed by atoms with E-state index >= 15 is 0 Å². The molecular formula is C26H35F2N3O6SSi. The molecule has 0 spiro atoms. The first-order valence-electron chi connectivity index (χ1n) is 12.5. The number of hydrogen-bond acceptors (Lipinski definition) is 6. The number of carbonyl (C=O) groups is 2. The average Bonchev–Trinajstić information content (AvgIpc) is 2.75. The van der Waals surface area contributed by atoms with Crippen molar-refractivity contribution in [1.29, 1.82) is 0 Å². The van der Waals surface area contributed by atoms with Gasteiger partial charge in [0, 0.05) is 17.4 Å². The molecule has 39 heavy (non-hydrogen) atoms. The van der Waals surface area contributed by atoms with Crippen molar-refractivity contribution >= 4 is 41.2 Å². The Balaban J connectivity index is 2.01. The minimum absolute atomic E-state index is 0.00210. The maximum Gasteiger partial charge on any atom is 0.422 e. The highest BCUT2D eigenvalue weighted by Crippen LogP contribution is 2.35. The van der Waals surface area contributed by atoms with Crippen molar-refractivity contribution < 1.29 is 36.3 Å². The molecule has 2 amide bonds. The number of halogens is 2. The van der Waals surface area contributed by atoms with Crippen molar-refractivity contribution in [2.45, 2.75) is 65.4 Å². The van der Waals surface area contributed by atoms with Crippen LogP contribution in [0.25, 0.3) is 0 Å². The summed E-state index contributed by atoms with van der Waals surface area (Å²) in [5, 5.41) is 2.46. The SMILES string of the molecule is CCOc1ccc2c(c1)CCN(S(=O)(=O)NC(=O)OC(C)(C)C)[C@H]2C(=O)Nc1cc(F)c([Si](C)(C)C)c(F)c1. The molecule has 2 N–H and O–H groups in total. The molecule has 0 saturated carbocycles. The normalized spacial score (nSPS) is 16.3. The fourth-order valence-electron chi connectivity index (χ4n) is 4.40. The fourth-order valence-corrected chi connectivity index (χ4v) is 7.17. The third kappa shape index (κ3) is 7.34. The molecule has 2 aromatic rings. The summed E-state index contributed by atoms with van der Waals surface area (Å²) in [5.74, 6) is -1.88. The Bertz CT molecular complexity index is 1350. The van der Waals surface area contributed by atoms with E-state index in [4.69, 9.17) is 9.47 Å². The highest BCUT2D eigenvalue weighted by molar-refractivity contribution is 7.87. The number of anilines is 1. The van der Waals surface area contributed by atoms with E-state index in [0.717, 1.165) is 16.4 Å². The van der Waals surface area contributed by atoms with Crippen LogP contribution in [0.1, 0.15) is 44.9 Å². The summed E-state index contributed by atoms with van der Waals surface area (Å²) in [4.78, 5) is 25.9. The highest BCUT2D eigenvalue weighted by Gasteiger charge is 2.41. The van der Waals surface area contributed by atoms with Crippen LogP contribution in [0.15, 0.2) is 30.3 Å². The Labute approximate surface area is 229 Å². The molecule has 0 radical (unpaired) electrons. The predicted octanol–water partition coefficient (Wildman–Crippen LogP) is 4.22. The zero-order valence-corrected chi connectivity index (χ0v) is 25.0. The van der Waals surface area contributed by atoms with Gasteiger partial charge in [0.1, 0.15) is 29.0 Å². The van der Waals surface area contributed by atoms with Crippen LogP contribution in [0.5, 0.6) is 5.75 Å². The Hall–Kier alpha value is -3.03. The molecule has 0 fully saturated rings. The average molecular weight is 584 g/mol. The lowest BCUT2D eigenvalue weighted by atomic mass is 9.93. The smallest absolute Gasteiger partial charge is 0.422 e. The Morgan fingerprint density at radius 2 is 1.72 bits per heavy atom. The second-order valence-electron chi connectivity index (χ2n) is 11.2. The van der Waals surface area contributed by atoms with Gasteiger partial charge < -0.3 is 14.8 Å². The highest BCUT2D eigenvalue weighted by atomic mass is 32.2. The molecule has 9 nitrogen and oxygen atoms in total. The molecule has 3 rings (SSSR count). The van der Waals surface area contributed by atoms with E-state index in [0.29, 0.717) is 23.5 Å². The summed E-state index contributed by atoms with van der Waals surface area (Å²) < 4.78 is 69.6. The minimum atomic E-state index is -4.57. The van der Waals surface area contributed by atoms with Gasteiger partial charge in [-0.3, -0.25) is 4.79 Å². The summed E-state index contributed by atoms with van der Waals surface area (Å²) in [7, 11) is -6.93. The van der Waals surface area contributed by atoms with E-state index in [9.17, 15) is 26.8 Å². The molecule has 1 aliphatic heterocycles. The van der Waals surface area contributed by atoms with Crippen LogP contribution in [-0.4, -0.2) is 51.5 Å². The van der Waals surface area contributed by atoms with Gasteiger partial charge in [-0.15, -0.1) is 0 Å². The number of benzene rings is 2. The van der Waals surface area contributed by atoms with Crippen LogP contribution >= 0.6 is 0 Å². The third-order valence-corrected chi connectivity index (χ3v) is 9.25. The topological polar surface area (TPSA) is 114 Å². The van der Waals surface area contributed by atoms with E-state index in [1.54, 1.807) is 58.6 Å². The Kier molecular flexibility index (Phi) is 8.78. The first-order valence-corrected chi connectivity index (χ1v) is 17.5. The molecule has 0 unspecified atom stereocenters. The Morgan fingerprint density at radius 1 is 1.10 bits per heavy atom. The van der Waals surface area contributed by atoms with E-state index in [1.807, 2.05) is 11.6 Å². The molecule has 0 aliphatic carbocycles. The predicted molar refractivity (Wildman–Crippen MR) is 147 cm³/mol. The number of rotatable bonds is 7. The summed E-state index contributed by atoms with van der Waals surface area (Å²) >= 11 is 0. The van der Waals surface area contributed by atoms with Crippen LogP contribution in [0.3, 0.4) is 0 Å². The second-order valence-corrected chi connectivity index (χ2v) is 17.8. The lowest BCUT2D eigenvalue weighted by Crippen LogP contribution is -2.51. The van der Waals surface area contributed by atoms with Gasteiger partial charge in [0.15, 0.2) is 0 Å². The number of ether oxygens (including phenoxy) is 2. The molecule has 0 saturated heterocycles. The first-order chi connectivity index (χ1) is 17.9. The number of nitrogens with one attached hydrogen (secondary N) is 2. The van der Waals surface area contributed by atoms with Gasteiger partial charge in [-0.25, -0.2) is 18.3 Å². The fraction of sp³-hybridized carbons (Fsp3) is 0.462. The first kappa shape index (κ1) is 30.5. The monoisotopic (exact) mass is 583 g/mol. The van der Waals surface area contributed by atoms with Crippen molar-refractivity contribution in [3.8, 4) is 5.75 Å². The van der Waals surface area contributed by atoms with Gasteiger partial charge in [-0.2, -0.15) is 12.7 Å². The van der Waals surface area contributed by atoms with E-state index in [1.165, 1.54) is 0 Å². The second kappa shape index (κ2) is 11.2. The van der Waals surface area contributed by atoms with Crippen molar-refractivity contribution in [2.75, 3.05) is 18.5 Å². The van der Waals surface area contributed by atoms with Crippen molar-refractivity contribution in [1.82, 2.24) is 9.03 Å². The standard InChI is InChI=1S/C26H35F2N3O6SSi/c1-8-36-18-9-10-19-16(13-18)11-12-31(38(34,35)30-25(33)37-26(2,3)4)22(19)24(32)29-17-14-20(27)23(21(28)15-17)39(5,6)7/h9-10,13-15,22H,8,11-12H2,1-7H3,(H,29,32)(H,30,33)/t22-/m1/s1. The number of nitrogens with zero attached hydrogens (tertiary/aromatic N) is 1. The number of amides is 2. The van der Waals surface area contributed by atoms with Crippen LogP contribution in [0.4, 0.5) is 19.3 Å². The summed E-state index contributed by atoms with van der Waals surface area (Å²) in [6, 6.07) is 5.47. The summed E-state index contributed by atoms with van der Waals surface area (Å²) in [5.41, 5.74) is -0.114. The van der Waals surface area contributed by atoms with Gasteiger partial charge in [0.2, 0.25) is 5.91 Å². The van der Waals surface area contributed by atoms with Gasteiger partial charge in [0.05, 0.1) is 14.7 Å². The van der Waals surface area contributed by atoms with Crippen molar-refractivity contribution in [3.05, 3.63) is 53.1 Å². The zero-order chi connectivity index (χ0) is 29.3. The minimum Gasteiger partial charge on any atom is -0.494 e. The number of hydrogen-bond donors (Lipinski definition) is 2. The molecule has 13 heteroatoms. The maximum atomic E-state index is 14.9. The number of carbonyl (C=O) groups excluding carboxylic acids is 2. The van der Waals surface area contributed by atoms with E-state index in [-0.39, 0.29) is 23.8 Å². The third-order valence-electron chi connectivity index (χ3n) is 5.84. The van der Waals surface area contributed by atoms with Crippen LogP contribution in [-0.2, 0) is 26.2 Å². The lowest BCUT2D eigenvalue weighted by molar-refractivity contribution is -0.120. The van der Waals surface area contributed by atoms with Gasteiger partial charge in [0.25, 0.3) is 0 Å². The van der Waals surface area contributed by atoms with E-state index < -0.39 is 53.6 Å². The van der Waals surface area contributed by atoms with E-state index in [2.05, 4.69) is 5.32 Å². The lowest BCUT2D eigenvalue weighted by Gasteiger charge is -2.35. The molecular weight excluding hydrogens is 548 g/mol. The largest absolute Gasteiger partial charge is 0.494 e. The molecule has 214 valence electrons. The molecule has 1 heterocycles. The zero-order valence-electron chi connectivity index (χ0n) is 23.1. The molecule has 0 bridgehead atoms.